The molecule has 0 saturated heterocycles. The quantitative estimate of drug-likeness (QED) is 0.884. The fourth-order valence-electron chi connectivity index (χ4n) is 1.93. The highest BCUT2D eigenvalue weighted by Crippen LogP contribution is 2.41. The number of hydrogen-bond donors (Lipinski definition) is 2. The number of nitrogens with zero attached hydrogens (tertiary/aromatic N) is 2. The summed E-state index contributed by atoms with van der Waals surface area (Å²) < 4.78 is 1.82. The summed E-state index contributed by atoms with van der Waals surface area (Å²) in [6, 6.07) is 3.64. The molecule has 2 aromatic rings. The van der Waals surface area contributed by atoms with Gasteiger partial charge in [-0.15, -0.1) is 10.2 Å². The molecule has 2 heterocycles. The summed E-state index contributed by atoms with van der Waals surface area (Å²) in [5.74, 6) is -0.0255. The van der Waals surface area contributed by atoms with Gasteiger partial charge < -0.3 is 10.6 Å². The number of fused-ring (bicyclic) bond motifs is 1. The Morgan fingerprint density at radius 2 is 2.37 bits per heavy atom. The third-order valence-electron chi connectivity index (χ3n) is 2.76. The average molecular weight is 357 g/mol. The van der Waals surface area contributed by atoms with Gasteiger partial charge in [0.2, 0.25) is 5.91 Å². The molecule has 0 aliphatic carbocycles. The summed E-state index contributed by atoms with van der Waals surface area (Å²) in [5.41, 5.74) is 3.50. The van der Waals surface area contributed by atoms with E-state index >= 15 is 0 Å². The summed E-state index contributed by atoms with van der Waals surface area (Å²) >= 11 is 6.55. The lowest BCUT2D eigenvalue weighted by Gasteiger charge is -2.09. The second-order valence-corrected chi connectivity index (χ2v) is 6.86. The van der Waals surface area contributed by atoms with E-state index in [4.69, 9.17) is 0 Å². The Balaban J connectivity index is 1.97. The predicted octanol–water partition coefficient (Wildman–Crippen LogP) is 2.66. The molecule has 1 aliphatic heterocycles. The van der Waals surface area contributed by atoms with Crippen LogP contribution in [0.5, 0.6) is 0 Å². The molecule has 1 amide bonds. The number of likely N-dealkylation sites (N-methyl/N-ethyl adjacent to an activating group) is 1. The summed E-state index contributed by atoms with van der Waals surface area (Å²) in [6.07, 6.45) is 0. The van der Waals surface area contributed by atoms with E-state index in [0.717, 1.165) is 25.0 Å². The maximum Gasteiger partial charge on any atom is 0.246 e. The Morgan fingerprint density at radius 3 is 3.05 bits per heavy atom. The standard InChI is InChI=1S/C11H9BrN4OS2/c1-13-9-5-2-6(12)8(3-7(5)15-10(9)17)19-11-16-14-4-18-11/h2-4,9,13H,1H3,(H,15,17). The van der Waals surface area contributed by atoms with Crippen molar-refractivity contribution in [1.82, 2.24) is 15.5 Å². The molecule has 5 nitrogen and oxygen atoms in total. The smallest absolute Gasteiger partial charge is 0.246 e. The van der Waals surface area contributed by atoms with E-state index in [1.807, 2.05) is 12.1 Å². The van der Waals surface area contributed by atoms with Crippen LogP contribution in [-0.4, -0.2) is 23.2 Å². The first-order valence-corrected chi connectivity index (χ1v) is 7.93. The molecule has 1 unspecified atom stereocenters. The molecule has 0 spiro atoms. The van der Waals surface area contributed by atoms with Crippen LogP contribution in [0.2, 0.25) is 0 Å². The fourth-order valence-corrected chi connectivity index (χ4v) is 4.01. The van der Waals surface area contributed by atoms with Crippen LogP contribution in [0.25, 0.3) is 0 Å². The highest BCUT2D eigenvalue weighted by molar-refractivity contribution is 9.10. The van der Waals surface area contributed by atoms with E-state index in [-0.39, 0.29) is 11.9 Å². The number of rotatable bonds is 3. The van der Waals surface area contributed by atoms with E-state index in [1.165, 1.54) is 23.1 Å². The van der Waals surface area contributed by atoms with Crippen molar-refractivity contribution < 1.29 is 4.79 Å². The van der Waals surface area contributed by atoms with E-state index in [2.05, 4.69) is 36.8 Å². The summed E-state index contributed by atoms with van der Waals surface area (Å²) in [7, 11) is 1.77. The lowest BCUT2D eigenvalue weighted by molar-refractivity contribution is -0.117. The second-order valence-electron chi connectivity index (χ2n) is 3.89. The summed E-state index contributed by atoms with van der Waals surface area (Å²) in [5, 5.41) is 13.7. The summed E-state index contributed by atoms with van der Waals surface area (Å²) in [4.78, 5) is 12.8. The van der Waals surface area contributed by atoms with Crippen molar-refractivity contribution in [3.05, 3.63) is 27.7 Å². The molecule has 0 saturated carbocycles. The molecule has 0 radical (unpaired) electrons. The molecule has 3 rings (SSSR count). The average Bonchev–Trinajstić information content (AvgIpc) is 2.97. The zero-order valence-corrected chi connectivity index (χ0v) is 13.0. The number of carbonyl (C=O) groups is 1. The normalized spacial score (nSPS) is 17.4. The van der Waals surface area contributed by atoms with E-state index in [1.54, 1.807) is 12.6 Å². The van der Waals surface area contributed by atoms with Crippen molar-refractivity contribution in [1.29, 1.82) is 0 Å². The van der Waals surface area contributed by atoms with Gasteiger partial charge in [0.1, 0.15) is 11.6 Å². The van der Waals surface area contributed by atoms with Crippen molar-refractivity contribution in [3.63, 3.8) is 0 Å². The molecule has 0 fully saturated rings. The first kappa shape index (κ1) is 13.0. The molecule has 19 heavy (non-hydrogen) atoms. The minimum Gasteiger partial charge on any atom is -0.324 e. The van der Waals surface area contributed by atoms with Gasteiger partial charge in [0.05, 0.1) is 0 Å². The highest BCUT2D eigenvalue weighted by Gasteiger charge is 2.30. The first-order chi connectivity index (χ1) is 9.19. The van der Waals surface area contributed by atoms with Gasteiger partial charge in [0, 0.05) is 20.6 Å². The number of anilines is 1. The molecule has 1 aromatic heterocycles. The van der Waals surface area contributed by atoms with E-state index in [0.29, 0.717) is 0 Å². The second kappa shape index (κ2) is 5.20. The minimum atomic E-state index is -0.285. The van der Waals surface area contributed by atoms with E-state index in [9.17, 15) is 4.79 Å². The van der Waals surface area contributed by atoms with Crippen LogP contribution in [0.3, 0.4) is 0 Å². The number of nitrogens with one attached hydrogen (secondary N) is 2. The van der Waals surface area contributed by atoms with Crippen molar-refractivity contribution in [2.75, 3.05) is 12.4 Å². The molecular formula is C11H9BrN4OS2. The van der Waals surface area contributed by atoms with Crippen LogP contribution < -0.4 is 10.6 Å². The van der Waals surface area contributed by atoms with Gasteiger partial charge in [-0.1, -0.05) is 23.1 Å². The highest BCUT2D eigenvalue weighted by atomic mass is 79.9. The molecular weight excluding hydrogens is 348 g/mol. The molecule has 1 atom stereocenters. The van der Waals surface area contributed by atoms with Crippen molar-refractivity contribution >= 4 is 50.6 Å². The lowest BCUT2D eigenvalue weighted by Crippen LogP contribution is -2.23. The Bertz CT molecular complexity index is 632. The largest absolute Gasteiger partial charge is 0.324 e. The fraction of sp³-hybridized carbons (Fsp3) is 0.182. The van der Waals surface area contributed by atoms with Gasteiger partial charge in [0.15, 0.2) is 4.34 Å². The Morgan fingerprint density at radius 1 is 1.53 bits per heavy atom. The van der Waals surface area contributed by atoms with Gasteiger partial charge in [0.25, 0.3) is 0 Å². The zero-order chi connectivity index (χ0) is 13.4. The zero-order valence-electron chi connectivity index (χ0n) is 9.81. The molecule has 8 heteroatoms. The lowest BCUT2D eigenvalue weighted by atomic mass is 10.1. The van der Waals surface area contributed by atoms with Crippen LogP contribution >= 0.6 is 39.0 Å². The minimum absolute atomic E-state index is 0.0255. The van der Waals surface area contributed by atoms with Crippen molar-refractivity contribution in [2.45, 2.75) is 15.3 Å². The molecule has 1 aliphatic rings. The van der Waals surface area contributed by atoms with Crippen molar-refractivity contribution in [3.8, 4) is 0 Å². The number of hydrogen-bond acceptors (Lipinski definition) is 6. The molecule has 1 aromatic carbocycles. The van der Waals surface area contributed by atoms with Crippen molar-refractivity contribution in [2.24, 2.45) is 0 Å². The van der Waals surface area contributed by atoms with Gasteiger partial charge >= 0.3 is 0 Å². The van der Waals surface area contributed by atoms with Gasteiger partial charge in [-0.2, -0.15) is 0 Å². The molecule has 0 bridgehead atoms. The van der Waals surface area contributed by atoms with Crippen LogP contribution in [-0.2, 0) is 4.79 Å². The molecule has 98 valence electrons. The Labute approximate surface area is 126 Å². The Kier molecular flexibility index (Phi) is 3.57. The first-order valence-electron chi connectivity index (χ1n) is 5.44. The third kappa shape index (κ3) is 2.40. The maximum absolute atomic E-state index is 11.8. The van der Waals surface area contributed by atoms with Gasteiger partial charge in [-0.25, -0.2) is 0 Å². The molecule has 2 N–H and O–H groups in total. The number of aromatic nitrogens is 2. The number of amides is 1. The maximum atomic E-state index is 11.8. The van der Waals surface area contributed by atoms with Gasteiger partial charge in [-0.3, -0.25) is 4.79 Å². The number of halogens is 1. The van der Waals surface area contributed by atoms with Crippen LogP contribution in [0.1, 0.15) is 11.6 Å². The van der Waals surface area contributed by atoms with Gasteiger partial charge in [-0.05, 0) is 35.1 Å². The Hall–Kier alpha value is -0.960. The van der Waals surface area contributed by atoms with Crippen LogP contribution in [0.4, 0.5) is 5.69 Å². The SMILES string of the molecule is CNC1C(=O)Nc2cc(Sc3nncs3)c(Br)cc21. The van der Waals surface area contributed by atoms with Crippen LogP contribution in [0.15, 0.2) is 31.4 Å². The number of carbonyl (C=O) groups excluding carboxylic acids is 1. The van der Waals surface area contributed by atoms with E-state index < -0.39 is 0 Å². The third-order valence-corrected chi connectivity index (χ3v) is 5.52. The monoisotopic (exact) mass is 356 g/mol. The topological polar surface area (TPSA) is 66.9 Å². The number of benzene rings is 1. The summed E-state index contributed by atoms with van der Waals surface area (Å²) in [6.45, 7) is 0. The van der Waals surface area contributed by atoms with Crippen LogP contribution in [0, 0.1) is 0 Å². The predicted molar refractivity (Wildman–Crippen MR) is 78.6 cm³/mol.